The number of ether oxygens (including phenoxy) is 2. The van der Waals surface area contributed by atoms with Crippen LogP contribution < -0.4 is 4.74 Å². The molecule has 0 radical (unpaired) electrons. The van der Waals surface area contributed by atoms with Crippen LogP contribution in [0.3, 0.4) is 0 Å². The molecule has 2 fully saturated rings. The summed E-state index contributed by atoms with van der Waals surface area (Å²) in [5, 5.41) is 22.1. The monoisotopic (exact) mass is 428 g/mol. The van der Waals surface area contributed by atoms with Crippen molar-refractivity contribution in [3.8, 4) is 5.75 Å². The Morgan fingerprint density at radius 3 is 2.57 bits per heavy atom. The number of carbonyl (C=O) groups excluding carboxylic acids is 1. The largest absolute Gasteiger partial charge is 0.487 e. The van der Waals surface area contributed by atoms with E-state index in [0.717, 1.165) is 18.9 Å². The number of aliphatic hydroxyl groups is 2. The van der Waals surface area contributed by atoms with Gasteiger partial charge in [0, 0.05) is 33.3 Å². The molecule has 168 valence electrons. The van der Waals surface area contributed by atoms with Crippen molar-refractivity contribution < 1.29 is 33.3 Å². The van der Waals surface area contributed by atoms with Crippen LogP contribution >= 0.6 is 0 Å². The van der Waals surface area contributed by atoms with Gasteiger partial charge in [-0.3, -0.25) is 9.69 Å². The Morgan fingerprint density at radius 2 is 1.87 bits per heavy atom. The third-order valence-corrected chi connectivity index (χ3v) is 5.77. The number of halogens is 2. The molecule has 1 aliphatic carbocycles. The van der Waals surface area contributed by atoms with Crippen LogP contribution in [0.25, 0.3) is 0 Å². The van der Waals surface area contributed by atoms with Crippen LogP contribution in [0.1, 0.15) is 25.7 Å². The quantitative estimate of drug-likeness (QED) is 0.679. The van der Waals surface area contributed by atoms with E-state index in [9.17, 15) is 23.8 Å². The minimum absolute atomic E-state index is 0.0406. The predicted octanol–water partition coefficient (Wildman–Crippen LogP) is 1.17. The zero-order valence-corrected chi connectivity index (χ0v) is 17.3. The minimum atomic E-state index is -1.53. The molecule has 30 heavy (non-hydrogen) atoms. The highest BCUT2D eigenvalue weighted by molar-refractivity contribution is 5.77. The van der Waals surface area contributed by atoms with Crippen molar-refractivity contribution in [2.24, 2.45) is 0 Å². The van der Waals surface area contributed by atoms with Gasteiger partial charge in [-0.15, -0.1) is 0 Å². The second-order valence-corrected chi connectivity index (χ2v) is 8.46. The van der Waals surface area contributed by atoms with Crippen LogP contribution in [0.5, 0.6) is 5.75 Å². The minimum Gasteiger partial charge on any atom is -0.487 e. The van der Waals surface area contributed by atoms with Gasteiger partial charge >= 0.3 is 0 Å². The molecule has 1 aliphatic heterocycles. The van der Waals surface area contributed by atoms with Crippen molar-refractivity contribution in [3.05, 3.63) is 29.8 Å². The van der Waals surface area contributed by atoms with Crippen molar-refractivity contribution in [1.29, 1.82) is 0 Å². The number of β-amino-alcohol motifs (C(OH)–C–C–N with tert-alkyl or cyclic N) is 2. The van der Waals surface area contributed by atoms with E-state index in [1.54, 1.807) is 0 Å². The second kappa shape index (κ2) is 9.55. The van der Waals surface area contributed by atoms with Gasteiger partial charge in [-0.05, 0) is 25.0 Å². The SMILES string of the molecule is COCC(=O)N1CCN(CC2(O)CCCC2)C[C@](O)(COc2cccc(F)c2F)C1. The average Bonchev–Trinajstić information content (AvgIpc) is 3.04. The van der Waals surface area contributed by atoms with Crippen molar-refractivity contribution in [3.63, 3.8) is 0 Å². The first kappa shape index (κ1) is 22.9. The molecule has 2 aliphatic rings. The molecule has 1 aromatic carbocycles. The number of benzene rings is 1. The molecule has 1 saturated carbocycles. The standard InChI is InChI=1S/C21H30F2N2O5/c1-29-11-18(26)25-10-9-24(12-20(27)7-2-3-8-20)13-21(28,14-25)15-30-17-6-4-5-16(22)19(17)23/h4-6,27-28H,2-3,7-15H2,1H3/t21-/m1/s1. The van der Waals surface area contributed by atoms with Crippen molar-refractivity contribution in [2.75, 3.05) is 53.0 Å². The molecule has 9 heteroatoms. The van der Waals surface area contributed by atoms with E-state index in [1.165, 1.54) is 24.1 Å². The lowest BCUT2D eigenvalue weighted by Gasteiger charge is -2.35. The molecule has 0 unspecified atom stereocenters. The lowest BCUT2D eigenvalue weighted by Crippen LogP contribution is -2.54. The normalized spacial score (nSPS) is 24.6. The maximum absolute atomic E-state index is 14.0. The molecule has 0 spiro atoms. The number of rotatable bonds is 7. The summed E-state index contributed by atoms with van der Waals surface area (Å²) in [5.41, 5.74) is -2.35. The summed E-state index contributed by atoms with van der Waals surface area (Å²) < 4.78 is 37.8. The van der Waals surface area contributed by atoms with Gasteiger partial charge in [-0.25, -0.2) is 4.39 Å². The van der Waals surface area contributed by atoms with E-state index < -0.39 is 22.8 Å². The highest BCUT2D eigenvalue weighted by Gasteiger charge is 2.41. The van der Waals surface area contributed by atoms with E-state index in [0.29, 0.717) is 32.5 Å². The van der Waals surface area contributed by atoms with Crippen LogP contribution in [0.4, 0.5) is 8.78 Å². The highest BCUT2D eigenvalue weighted by atomic mass is 19.2. The summed E-state index contributed by atoms with van der Waals surface area (Å²) in [7, 11) is 1.42. The molecule has 0 aromatic heterocycles. The number of amides is 1. The lowest BCUT2D eigenvalue weighted by molar-refractivity contribution is -0.138. The van der Waals surface area contributed by atoms with Crippen LogP contribution in [-0.4, -0.2) is 90.2 Å². The van der Waals surface area contributed by atoms with E-state index in [4.69, 9.17) is 9.47 Å². The number of nitrogens with zero attached hydrogens (tertiary/aromatic N) is 2. The van der Waals surface area contributed by atoms with E-state index >= 15 is 0 Å². The number of methoxy groups -OCH3 is 1. The van der Waals surface area contributed by atoms with Gasteiger partial charge in [0.15, 0.2) is 11.6 Å². The first-order chi connectivity index (χ1) is 14.2. The Kier molecular flexibility index (Phi) is 7.28. The van der Waals surface area contributed by atoms with E-state index in [-0.39, 0.29) is 38.0 Å². The Balaban J connectivity index is 1.75. The molecule has 0 bridgehead atoms. The van der Waals surface area contributed by atoms with Crippen LogP contribution in [-0.2, 0) is 9.53 Å². The lowest BCUT2D eigenvalue weighted by atomic mass is 9.99. The van der Waals surface area contributed by atoms with Gasteiger partial charge in [0.2, 0.25) is 11.7 Å². The van der Waals surface area contributed by atoms with E-state index in [1.807, 2.05) is 4.90 Å². The molecule has 3 rings (SSSR count). The van der Waals surface area contributed by atoms with E-state index in [2.05, 4.69) is 0 Å². The van der Waals surface area contributed by atoms with Crippen molar-refractivity contribution >= 4 is 5.91 Å². The third kappa shape index (κ3) is 5.66. The zero-order valence-electron chi connectivity index (χ0n) is 17.3. The van der Waals surface area contributed by atoms with Gasteiger partial charge < -0.3 is 24.6 Å². The molecule has 7 nitrogen and oxygen atoms in total. The van der Waals surface area contributed by atoms with Gasteiger partial charge in [0.1, 0.15) is 18.8 Å². The maximum atomic E-state index is 14.0. The predicted molar refractivity (Wildman–Crippen MR) is 105 cm³/mol. The first-order valence-electron chi connectivity index (χ1n) is 10.2. The summed E-state index contributed by atoms with van der Waals surface area (Å²) >= 11 is 0. The Morgan fingerprint density at radius 1 is 1.13 bits per heavy atom. The smallest absolute Gasteiger partial charge is 0.248 e. The summed E-state index contributed by atoms with van der Waals surface area (Å²) in [6.07, 6.45) is 3.29. The fraction of sp³-hybridized carbons (Fsp3) is 0.667. The molecule has 1 amide bonds. The third-order valence-electron chi connectivity index (χ3n) is 5.77. The summed E-state index contributed by atoms with van der Waals surface area (Å²) in [6, 6.07) is 3.59. The number of carbonyl (C=O) groups is 1. The van der Waals surface area contributed by atoms with Gasteiger partial charge in [0.05, 0.1) is 12.1 Å². The first-order valence-corrected chi connectivity index (χ1v) is 10.2. The van der Waals surface area contributed by atoms with Crippen LogP contribution in [0, 0.1) is 11.6 Å². The molecule has 1 heterocycles. The second-order valence-electron chi connectivity index (χ2n) is 8.46. The van der Waals surface area contributed by atoms with Crippen molar-refractivity contribution in [2.45, 2.75) is 36.9 Å². The summed E-state index contributed by atoms with van der Waals surface area (Å²) in [5.74, 6) is -2.75. The zero-order chi connectivity index (χ0) is 21.8. The Bertz CT molecular complexity index is 744. The van der Waals surface area contributed by atoms with Gasteiger partial charge in [0.25, 0.3) is 0 Å². The molecular weight excluding hydrogens is 398 g/mol. The molecule has 1 saturated heterocycles. The molecule has 2 N–H and O–H groups in total. The van der Waals surface area contributed by atoms with Crippen molar-refractivity contribution in [1.82, 2.24) is 9.80 Å². The average molecular weight is 428 g/mol. The van der Waals surface area contributed by atoms with Crippen LogP contribution in [0.2, 0.25) is 0 Å². The molecular formula is C21H30F2N2O5. The topological polar surface area (TPSA) is 82.5 Å². The fourth-order valence-electron chi connectivity index (χ4n) is 4.31. The Hall–Kier alpha value is -1.81. The Labute approximate surface area is 175 Å². The van der Waals surface area contributed by atoms with Gasteiger partial charge in [-0.1, -0.05) is 18.9 Å². The molecule has 1 atom stereocenters. The number of hydrogen-bond donors (Lipinski definition) is 2. The van der Waals surface area contributed by atoms with Gasteiger partial charge in [-0.2, -0.15) is 4.39 Å². The molecule has 1 aromatic rings. The highest BCUT2D eigenvalue weighted by Crippen LogP contribution is 2.31. The summed E-state index contributed by atoms with van der Waals surface area (Å²) in [4.78, 5) is 15.8. The fourth-order valence-corrected chi connectivity index (χ4v) is 4.31. The summed E-state index contributed by atoms with van der Waals surface area (Å²) in [6.45, 7) is 0.821. The maximum Gasteiger partial charge on any atom is 0.248 e. The van der Waals surface area contributed by atoms with Crippen LogP contribution in [0.15, 0.2) is 18.2 Å². The number of hydrogen-bond acceptors (Lipinski definition) is 6.